The molecular weight excluding hydrogens is 325 g/mol. The van der Waals surface area contributed by atoms with E-state index in [1.165, 1.54) is 30.1 Å². The third-order valence-corrected chi connectivity index (χ3v) is 3.63. The van der Waals surface area contributed by atoms with E-state index in [2.05, 4.69) is 0 Å². The van der Waals surface area contributed by atoms with Crippen LogP contribution in [0.5, 0.6) is 0 Å². The Hall–Kier alpha value is -2.34. The fourth-order valence-electron chi connectivity index (χ4n) is 2.15. The Bertz CT molecular complexity index is 757. The lowest BCUT2D eigenvalue weighted by molar-refractivity contribution is 0.0693. The van der Waals surface area contributed by atoms with Crippen molar-refractivity contribution < 1.29 is 23.5 Å². The Morgan fingerprint density at radius 2 is 2.04 bits per heavy atom. The second-order valence-corrected chi connectivity index (χ2v) is 5.42. The Balaban J connectivity index is 2.19. The van der Waals surface area contributed by atoms with Crippen LogP contribution in [0.1, 0.15) is 39.2 Å². The third kappa shape index (κ3) is 3.71. The molecular formula is C16H15ClFNO4. The smallest absolute Gasteiger partial charge is 0.339 e. The minimum absolute atomic E-state index is 0.00690. The molecule has 0 radical (unpaired) electrons. The molecule has 5 nitrogen and oxygen atoms in total. The first kappa shape index (κ1) is 17.0. The monoisotopic (exact) mass is 339 g/mol. The molecule has 0 saturated carbocycles. The largest absolute Gasteiger partial charge is 0.478 e. The highest BCUT2D eigenvalue weighted by atomic mass is 35.5. The van der Waals surface area contributed by atoms with Crippen LogP contribution in [0.4, 0.5) is 4.39 Å². The van der Waals surface area contributed by atoms with E-state index < -0.39 is 17.7 Å². The summed E-state index contributed by atoms with van der Waals surface area (Å²) in [6, 6.07) is 5.48. The van der Waals surface area contributed by atoms with E-state index in [4.69, 9.17) is 21.1 Å². The second kappa shape index (κ2) is 6.83. The van der Waals surface area contributed by atoms with Crippen LogP contribution in [-0.4, -0.2) is 28.9 Å². The third-order valence-electron chi connectivity index (χ3n) is 3.32. The van der Waals surface area contributed by atoms with E-state index in [0.29, 0.717) is 12.0 Å². The lowest BCUT2D eigenvalue weighted by atomic mass is 10.2. The summed E-state index contributed by atoms with van der Waals surface area (Å²) in [6.45, 7) is 1.87. The van der Waals surface area contributed by atoms with E-state index >= 15 is 0 Å². The number of carboxylic acids is 1. The van der Waals surface area contributed by atoms with Crippen molar-refractivity contribution in [2.75, 3.05) is 7.05 Å². The highest BCUT2D eigenvalue weighted by Gasteiger charge is 2.22. The minimum Gasteiger partial charge on any atom is -0.478 e. The molecule has 2 rings (SSSR count). The first-order valence-corrected chi connectivity index (χ1v) is 7.26. The Kier molecular flexibility index (Phi) is 5.05. The van der Waals surface area contributed by atoms with E-state index in [1.807, 2.05) is 0 Å². The standard InChI is InChI=1S/C16H15ClFNO4/c1-3-13-10(16(21)22)7-14(23-13)15(20)19(2)8-9-4-5-11(17)12(18)6-9/h4-7H,3,8H2,1-2H3,(H,21,22). The van der Waals surface area contributed by atoms with Gasteiger partial charge in [-0.25, -0.2) is 9.18 Å². The molecule has 1 aromatic heterocycles. The molecule has 122 valence electrons. The number of aryl methyl sites for hydroxylation is 1. The van der Waals surface area contributed by atoms with Gasteiger partial charge >= 0.3 is 5.97 Å². The molecule has 1 aromatic carbocycles. The summed E-state index contributed by atoms with van der Waals surface area (Å²) in [5.74, 6) is -2.01. The Morgan fingerprint density at radius 1 is 1.35 bits per heavy atom. The fourth-order valence-corrected chi connectivity index (χ4v) is 2.27. The average molecular weight is 340 g/mol. The molecule has 0 fully saturated rings. The summed E-state index contributed by atoms with van der Waals surface area (Å²) in [7, 11) is 1.52. The maximum Gasteiger partial charge on any atom is 0.339 e. The molecule has 23 heavy (non-hydrogen) atoms. The van der Waals surface area contributed by atoms with Crippen molar-refractivity contribution in [3.05, 3.63) is 57.8 Å². The maximum atomic E-state index is 13.4. The molecule has 1 N–H and O–H groups in total. The lowest BCUT2D eigenvalue weighted by Crippen LogP contribution is -2.25. The minimum atomic E-state index is -1.15. The zero-order valence-corrected chi connectivity index (χ0v) is 13.4. The second-order valence-electron chi connectivity index (χ2n) is 5.02. The number of carbonyl (C=O) groups is 2. The number of amides is 1. The van der Waals surface area contributed by atoms with E-state index in [9.17, 15) is 14.0 Å². The van der Waals surface area contributed by atoms with Crippen molar-refractivity contribution >= 4 is 23.5 Å². The zero-order valence-electron chi connectivity index (χ0n) is 12.6. The number of carbonyl (C=O) groups excluding carboxylic acids is 1. The molecule has 0 aliphatic rings. The molecule has 0 aliphatic heterocycles. The van der Waals surface area contributed by atoms with Gasteiger partial charge in [0.2, 0.25) is 0 Å². The number of aromatic carboxylic acids is 1. The zero-order chi connectivity index (χ0) is 17.1. The first-order valence-electron chi connectivity index (χ1n) is 6.88. The van der Waals surface area contributed by atoms with Crippen LogP contribution in [0.15, 0.2) is 28.7 Å². The van der Waals surface area contributed by atoms with Gasteiger partial charge < -0.3 is 14.4 Å². The van der Waals surface area contributed by atoms with Crippen LogP contribution < -0.4 is 0 Å². The van der Waals surface area contributed by atoms with Gasteiger partial charge in [0.1, 0.15) is 17.1 Å². The normalized spacial score (nSPS) is 10.6. The summed E-state index contributed by atoms with van der Waals surface area (Å²) >= 11 is 5.62. The predicted molar refractivity (Wildman–Crippen MR) is 82.3 cm³/mol. The van der Waals surface area contributed by atoms with Crippen molar-refractivity contribution in [3.8, 4) is 0 Å². The van der Waals surface area contributed by atoms with Crippen LogP contribution in [0.25, 0.3) is 0 Å². The van der Waals surface area contributed by atoms with Crippen LogP contribution in [0.3, 0.4) is 0 Å². The first-order chi connectivity index (χ1) is 10.8. The SMILES string of the molecule is CCc1oc(C(=O)N(C)Cc2ccc(Cl)c(F)c2)cc1C(=O)O. The van der Waals surface area contributed by atoms with E-state index in [1.54, 1.807) is 13.0 Å². The number of nitrogens with zero attached hydrogens (tertiary/aromatic N) is 1. The predicted octanol–water partition coefficient (Wildman–Crippen LogP) is 3.60. The number of furan rings is 1. The lowest BCUT2D eigenvalue weighted by Gasteiger charge is -2.16. The maximum absolute atomic E-state index is 13.4. The van der Waals surface area contributed by atoms with Gasteiger partial charge in [0.05, 0.1) is 5.02 Å². The van der Waals surface area contributed by atoms with E-state index in [-0.39, 0.29) is 28.7 Å². The van der Waals surface area contributed by atoms with Crippen molar-refractivity contribution in [1.82, 2.24) is 4.90 Å². The van der Waals surface area contributed by atoms with Gasteiger partial charge in [-0.1, -0.05) is 24.6 Å². The van der Waals surface area contributed by atoms with Crippen LogP contribution >= 0.6 is 11.6 Å². The van der Waals surface area contributed by atoms with Crippen LogP contribution in [0.2, 0.25) is 5.02 Å². The van der Waals surface area contributed by atoms with Crippen molar-refractivity contribution in [3.63, 3.8) is 0 Å². The average Bonchev–Trinajstić information content (AvgIpc) is 2.94. The Morgan fingerprint density at radius 3 is 2.57 bits per heavy atom. The molecule has 0 aliphatic carbocycles. The van der Waals surface area contributed by atoms with Gasteiger partial charge in [0, 0.05) is 26.1 Å². The molecule has 0 bridgehead atoms. The summed E-state index contributed by atoms with van der Waals surface area (Å²) in [5, 5.41) is 9.09. The molecule has 0 unspecified atom stereocenters. The molecule has 2 aromatic rings. The number of benzene rings is 1. The topological polar surface area (TPSA) is 70.8 Å². The van der Waals surface area contributed by atoms with Crippen molar-refractivity contribution in [2.24, 2.45) is 0 Å². The fraction of sp³-hybridized carbons (Fsp3) is 0.250. The van der Waals surface area contributed by atoms with Crippen molar-refractivity contribution in [1.29, 1.82) is 0 Å². The summed E-state index contributed by atoms with van der Waals surface area (Å²) in [4.78, 5) is 24.7. The summed E-state index contributed by atoms with van der Waals surface area (Å²) < 4.78 is 18.7. The van der Waals surface area contributed by atoms with Crippen LogP contribution in [0, 0.1) is 5.82 Å². The number of carboxylic acid groups (broad SMARTS) is 1. The Labute approximate surface area is 137 Å². The molecule has 0 spiro atoms. The van der Waals surface area contributed by atoms with Gasteiger partial charge in [-0.15, -0.1) is 0 Å². The number of hydrogen-bond donors (Lipinski definition) is 1. The van der Waals surface area contributed by atoms with Gasteiger partial charge in [-0.2, -0.15) is 0 Å². The van der Waals surface area contributed by atoms with Gasteiger partial charge in [0.15, 0.2) is 5.76 Å². The summed E-state index contributed by atoms with van der Waals surface area (Å²) in [5.41, 5.74) is 0.533. The highest BCUT2D eigenvalue weighted by molar-refractivity contribution is 6.30. The van der Waals surface area contributed by atoms with Gasteiger partial charge in [0.25, 0.3) is 5.91 Å². The van der Waals surface area contributed by atoms with Crippen LogP contribution in [-0.2, 0) is 13.0 Å². The number of rotatable bonds is 5. The molecule has 1 heterocycles. The number of hydrogen-bond acceptors (Lipinski definition) is 3. The number of halogens is 2. The summed E-state index contributed by atoms with van der Waals surface area (Å²) in [6.07, 6.45) is 0.362. The van der Waals surface area contributed by atoms with E-state index in [0.717, 1.165) is 0 Å². The molecule has 1 amide bonds. The molecule has 0 saturated heterocycles. The van der Waals surface area contributed by atoms with Crippen molar-refractivity contribution in [2.45, 2.75) is 19.9 Å². The highest BCUT2D eigenvalue weighted by Crippen LogP contribution is 2.20. The molecule has 7 heteroatoms. The molecule has 0 atom stereocenters. The quantitative estimate of drug-likeness (QED) is 0.903. The van der Waals surface area contributed by atoms with Gasteiger partial charge in [-0.3, -0.25) is 4.79 Å². The van der Waals surface area contributed by atoms with Gasteiger partial charge in [-0.05, 0) is 17.7 Å².